The van der Waals surface area contributed by atoms with Crippen molar-refractivity contribution in [2.45, 2.75) is 12.8 Å². The number of carbonyl (C=O) groups excluding carboxylic acids is 1. The highest BCUT2D eigenvalue weighted by Gasteiger charge is 2.36. The lowest BCUT2D eigenvalue weighted by Crippen LogP contribution is -2.38. The molecule has 0 radical (unpaired) electrons. The lowest BCUT2D eigenvalue weighted by atomic mass is 9.83. The number of hydrogen-bond acceptors (Lipinski definition) is 8. The van der Waals surface area contributed by atoms with Gasteiger partial charge in [0.2, 0.25) is 0 Å². The Hall–Kier alpha value is -5.63. The van der Waals surface area contributed by atoms with Gasteiger partial charge in [0, 0.05) is 5.56 Å². The molecule has 49 heavy (non-hydrogen) atoms. The van der Waals surface area contributed by atoms with Gasteiger partial charge in [-0.05, 0) is 60.9 Å². The van der Waals surface area contributed by atoms with Crippen LogP contribution in [-0.4, -0.2) is 54.2 Å². The quantitative estimate of drug-likeness (QED) is 0.0727. The number of ether oxygens (including phenoxy) is 7. The molecule has 0 aliphatic rings. The van der Waals surface area contributed by atoms with Crippen molar-refractivity contribution in [1.82, 2.24) is 0 Å². The summed E-state index contributed by atoms with van der Waals surface area (Å²) in [6, 6.07) is 29.5. The molecule has 8 nitrogen and oxygen atoms in total. The van der Waals surface area contributed by atoms with E-state index in [0.717, 1.165) is 11.1 Å². The minimum Gasteiger partial charge on any atom is -0.496 e. The van der Waals surface area contributed by atoms with Gasteiger partial charge in [0.05, 0.1) is 45.0 Å². The van der Waals surface area contributed by atoms with Gasteiger partial charge in [-0.25, -0.2) is 4.79 Å². The number of carbonyl (C=O) groups is 1. The average molecular weight is 665 g/mol. The second kappa shape index (κ2) is 17.5. The Morgan fingerprint density at radius 2 is 0.857 bits per heavy atom. The third-order valence-electron chi connectivity index (χ3n) is 8.20. The fourth-order valence-corrected chi connectivity index (χ4v) is 5.32. The summed E-state index contributed by atoms with van der Waals surface area (Å²) >= 11 is 0. The molecule has 0 saturated carbocycles. The molecule has 4 rings (SSSR count). The predicted molar refractivity (Wildman–Crippen MR) is 193 cm³/mol. The summed E-state index contributed by atoms with van der Waals surface area (Å²) in [4.78, 5) is 13.5. The zero-order chi connectivity index (χ0) is 35.2. The Morgan fingerprint density at radius 1 is 0.510 bits per heavy atom. The molecule has 256 valence electrons. The number of para-hydroxylation sites is 4. The monoisotopic (exact) mass is 664 g/mol. The first-order valence-electron chi connectivity index (χ1n) is 15.8. The Bertz CT molecular complexity index is 1500. The van der Waals surface area contributed by atoms with Crippen LogP contribution in [0.4, 0.5) is 0 Å². The highest BCUT2D eigenvalue weighted by atomic mass is 16.5. The van der Waals surface area contributed by atoms with E-state index in [0.29, 0.717) is 64.0 Å². The third kappa shape index (κ3) is 9.26. The van der Waals surface area contributed by atoms with Crippen LogP contribution in [0.1, 0.15) is 39.9 Å². The van der Waals surface area contributed by atoms with Crippen molar-refractivity contribution >= 4 is 23.1 Å². The van der Waals surface area contributed by atoms with Gasteiger partial charge in [-0.3, -0.25) is 0 Å². The minimum atomic E-state index is -0.918. The predicted octanol–water partition coefficient (Wildman–Crippen LogP) is 8.73. The van der Waals surface area contributed by atoms with Gasteiger partial charge in [0.1, 0.15) is 59.9 Å². The molecule has 0 atom stereocenters. The number of allylic oxidation sites excluding steroid dienone is 1. The summed E-state index contributed by atoms with van der Waals surface area (Å²) in [6.45, 7) is 12.8. The largest absolute Gasteiger partial charge is 0.496 e. The lowest BCUT2D eigenvalue weighted by molar-refractivity contribution is -0.0192. The molecule has 0 amide bonds. The molecule has 0 spiro atoms. The number of esters is 1. The van der Waals surface area contributed by atoms with Crippen LogP contribution in [0.3, 0.4) is 0 Å². The van der Waals surface area contributed by atoms with Crippen molar-refractivity contribution in [2.75, 3.05) is 48.3 Å². The molecular weight excluding hydrogens is 620 g/mol. The van der Waals surface area contributed by atoms with Crippen molar-refractivity contribution in [3.05, 3.63) is 139 Å². The molecule has 0 fully saturated rings. The van der Waals surface area contributed by atoms with Crippen LogP contribution in [0, 0.1) is 5.41 Å². The molecule has 0 bridgehead atoms. The zero-order valence-corrected chi connectivity index (χ0v) is 28.7. The summed E-state index contributed by atoms with van der Waals surface area (Å²) in [7, 11) is 6.32. The number of methoxy groups -OCH3 is 4. The topological polar surface area (TPSA) is 81.7 Å². The molecule has 0 aliphatic heterocycles. The zero-order valence-electron chi connectivity index (χ0n) is 28.7. The molecule has 0 aliphatic carbocycles. The Balaban J connectivity index is 1.69. The second-order valence-corrected chi connectivity index (χ2v) is 11.4. The summed E-state index contributed by atoms with van der Waals surface area (Å²) in [6.07, 6.45) is 0.947. The van der Waals surface area contributed by atoms with Crippen LogP contribution in [0.15, 0.2) is 117 Å². The first-order chi connectivity index (χ1) is 23.8. The lowest BCUT2D eigenvalue weighted by Gasteiger charge is -2.34. The van der Waals surface area contributed by atoms with Crippen molar-refractivity contribution in [3.63, 3.8) is 0 Å². The fraction of sp³-hybridized carbons (Fsp3) is 0.244. The maximum Gasteiger partial charge on any atom is 0.341 e. The molecule has 4 aromatic carbocycles. The Kier molecular flexibility index (Phi) is 12.9. The summed E-state index contributed by atoms with van der Waals surface area (Å²) < 4.78 is 41.0. The van der Waals surface area contributed by atoms with Crippen LogP contribution in [-0.2, 0) is 14.2 Å². The standard InChI is InChI=1S/C41H44O8/c1-29(32-16-8-12-20-36(32)43-4)24-25-41(26-47-30(2)33-17-9-13-21-37(33)44-5,27-48-31(3)34-18-10-14-22-38(34)45-6)28-49-40(42)35-19-11-15-23-39(35)46-7/h8-23H,1-3,24-28H2,4-7H3. The van der Waals surface area contributed by atoms with Gasteiger partial charge in [-0.15, -0.1) is 0 Å². The summed E-state index contributed by atoms with van der Waals surface area (Å²) in [5.41, 5.74) is 2.49. The van der Waals surface area contributed by atoms with E-state index in [1.54, 1.807) is 45.6 Å². The first kappa shape index (κ1) is 36.2. The summed E-state index contributed by atoms with van der Waals surface area (Å²) in [5, 5.41) is 0. The van der Waals surface area contributed by atoms with E-state index in [-0.39, 0.29) is 19.8 Å². The van der Waals surface area contributed by atoms with Crippen LogP contribution in [0.5, 0.6) is 23.0 Å². The first-order valence-corrected chi connectivity index (χ1v) is 15.8. The fourth-order valence-electron chi connectivity index (χ4n) is 5.32. The van der Waals surface area contributed by atoms with Crippen LogP contribution < -0.4 is 18.9 Å². The van der Waals surface area contributed by atoms with Gasteiger partial charge in [0.15, 0.2) is 0 Å². The highest BCUT2D eigenvalue weighted by molar-refractivity contribution is 5.92. The molecular formula is C41H44O8. The third-order valence-corrected chi connectivity index (χ3v) is 8.20. The maximum absolute atomic E-state index is 13.5. The van der Waals surface area contributed by atoms with E-state index in [1.165, 1.54) is 7.11 Å². The van der Waals surface area contributed by atoms with Crippen LogP contribution in [0.25, 0.3) is 17.1 Å². The average Bonchev–Trinajstić information content (AvgIpc) is 3.16. The van der Waals surface area contributed by atoms with Gasteiger partial charge in [0.25, 0.3) is 0 Å². The Morgan fingerprint density at radius 3 is 1.31 bits per heavy atom. The van der Waals surface area contributed by atoms with Gasteiger partial charge in [-0.2, -0.15) is 0 Å². The Labute approximate surface area is 289 Å². The molecule has 0 heterocycles. The molecule has 0 N–H and O–H groups in total. The van der Waals surface area contributed by atoms with E-state index in [1.807, 2.05) is 72.8 Å². The van der Waals surface area contributed by atoms with Gasteiger partial charge < -0.3 is 33.2 Å². The molecule has 0 saturated heterocycles. The van der Waals surface area contributed by atoms with Gasteiger partial charge in [-0.1, -0.05) is 74.3 Å². The highest BCUT2D eigenvalue weighted by Crippen LogP contribution is 2.37. The van der Waals surface area contributed by atoms with E-state index in [2.05, 4.69) is 19.7 Å². The number of rotatable bonds is 19. The normalized spacial score (nSPS) is 10.8. The molecule has 4 aromatic rings. The van der Waals surface area contributed by atoms with Crippen LogP contribution >= 0.6 is 0 Å². The number of hydrogen-bond donors (Lipinski definition) is 0. The van der Waals surface area contributed by atoms with E-state index in [4.69, 9.17) is 33.2 Å². The van der Waals surface area contributed by atoms with E-state index < -0.39 is 11.4 Å². The SMILES string of the molecule is C=C(CCC(COC(=C)c1ccccc1OC)(COC(=C)c1ccccc1OC)COC(=O)c1ccccc1OC)c1ccccc1OC. The second-order valence-electron chi connectivity index (χ2n) is 11.4. The van der Waals surface area contributed by atoms with Crippen LogP contribution in [0.2, 0.25) is 0 Å². The van der Waals surface area contributed by atoms with Crippen molar-refractivity contribution in [2.24, 2.45) is 5.41 Å². The smallest absolute Gasteiger partial charge is 0.341 e. The molecule has 8 heteroatoms. The minimum absolute atomic E-state index is 0.0680. The maximum atomic E-state index is 13.5. The number of benzene rings is 4. The van der Waals surface area contributed by atoms with Crippen molar-refractivity contribution < 1.29 is 38.0 Å². The van der Waals surface area contributed by atoms with Crippen molar-refractivity contribution in [3.8, 4) is 23.0 Å². The van der Waals surface area contributed by atoms with E-state index >= 15 is 0 Å². The molecule has 0 unspecified atom stereocenters. The van der Waals surface area contributed by atoms with Crippen molar-refractivity contribution in [1.29, 1.82) is 0 Å². The van der Waals surface area contributed by atoms with E-state index in [9.17, 15) is 4.79 Å². The summed E-state index contributed by atoms with van der Waals surface area (Å²) in [5.74, 6) is 2.59. The van der Waals surface area contributed by atoms with Gasteiger partial charge >= 0.3 is 5.97 Å². The molecule has 0 aromatic heterocycles.